The van der Waals surface area contributed by atoms with Gasteiger partial charge in [0.2, 0.25) is 0 Å². The van der Waals surface area contributed by atoms with Gasteiger partial charge in [0, 0.05) is 17.7 Å². The Balaban J connectivity index is 1.66. The van der Waals surface area contributed by atoms with Crippen LogP contribution in [0.3, 0.4) is 0 Å². The Morgan fingerprint density at radius 3 is 2.59 bits per heavy atom. The minimum atomic E-state index is -1.07. The summed E-state index contributed by atoms with van der Waals surface area (Å²) in [5, 5.41) is 22.6. The molecule has 1 unspecified atom stereocenters. The molecular weight excluding hydrogens is 444 g/mol. The van der Waals surface area contributed by atoms with Crippen molar-refractivity contribution in [3.05, 3.63) is 93.4 Å². The number of rotatable bonds is 5. The van der Waals surface area contributed by atoms with Crippen molar-refractivity contribution in [3.63, 3.8) is 0 Å². The molecule has 3 heterocycles. The van der Waals surface area contributed by atoms with Crippen LogP contribution in [0.2, 0.25) is 0 Å². The fourth-order valence-electron chi connectivity index (χ4n) is 4.11. The van der Waals surface area contributed by atoms with Gasteiger partial charge in [0.05, 0.1) is 29.3 Å². The lowest BCUT2D eigenvalue weighted by molar-refractivity contribution is -0.384. The van der Waals surface area contributed by atoms with Crippen LogP contribution in [0, 0.1) is 10.1 Å². The van der Waals surface area contributed by atoms with Crippen molar-refractivity contribution >= 4 is 23.1 Å². The molecule has 1 amide bonds. The molecule has 3 aromatic rings. The third-order valence-corrected chi connectivity index (χ3v) is 5.66. The van der Waals surface area contributed by atoms with Crippen LogP contribution < -0.4 is 9.47 Å². The molecule has 0 spiro atoms. The fourth-order valence-corrected chi connectivity index (χ4v) is 4.11. The number of likely N-dealkylation sites (tertiary alicyclic amines) is 1. The Bertz CT molecular complexity index is 1330. The molecule has 1 N–H and O–H groups in total. The summed E-state index contributed by atoms with van der Waals surface area (Å²) < 4.78 is 16.4. The highest BCUT2D eigenvalue weighted by molar-refractivity contribution is 6.46. The molecule has 34 heavy (non-hydrogen) atoms. The SMILES string of the molecule is O=C1C(=O)N(Cc2ccco2)C(c2cccc([N+](=O)[O-])c2)/C1=C(\O)c1ccc2c(c1)OCCO2. The standard InChI is InChI=1S/C24H18N2O8/c27-22(15-6-7-18-19(12-15)34-10-9-33-18)20-21(14-3-1-4-16(11-14)26(30)31)25(24(29)23(20)28)13-17-5-2-8-32-17/h1-8,11-12,21,27H,9-10,13H2/b22-20+. The van der Waals surface area contributed by atoms with Crippen molar-refractivity contribution in [1.82, 2.24) is 4.90 Å². The second-order valence-corrected chi connectivity index (χ2v) is 7.72. The molecule has 1 saturated heterocycles. The maximum absolute atomic E-state index is 13.1. The van der Waals surface area contributed by atoms with E-state index in [1.807, 2.05) is 0 Å². The molecule has 5 rings (SSSR count). The van der Waals surface area contributed by atoms with E-state index in [0.717, 1.165) is 0 Å². The van der Waals surface area contributed by atoms with Gasteiger partial charge in [-0.2, -0.15) is 0 Å². The number of Topliss-reactive ketones (excluding diaryl/α,β-unsaturated/α-hetero) is 1. The summed E-state index contributed by atoms with van der Waals surface area (Å²) in [7, 11) is 0. The van der Waals surface area contributed by atoms with Crippen LogP contribution in [0.4, 0.5) is 5.69 Å². The molecule has 2 aliphatic rings. The summed E-state index contributed by atoms with van der Waals surface area (Å²) in [6.45, 7) is 0.657. The van der Waals surface area contributed by atoms with Crippen molar-refractivity contribution in [2.75, 3.05) is 13.2 Å². The van der Waals surface area contributed by atoms with Crippen LogP contribution in [0.25, 0.3) is 5.76 Å². The highest BCUT2D eigenvalue weighted by Crippen LogP contribution is 2.42. The van der Waals surface area contributed by atoms with E-state index in [1.165, 1.54) is 35.4 Å². The Labute approximate surface area is 192 Å². The van der Waals surface area contributed by atoms with E-state index in [2.05, 4.69) is 0 Å². The molecule has 10 nitrogen and oxygen atoms in total. The minimum absolute atomic E-state index is 0.0666. The molecule has 0 saturated carbocycles. The van der Waals surface area contributed by atoms with Gasteiger partial charge < -0.3 is 23.9 Å². The van der Waals surface area contributed by atoms with Crippen LogP contribution in [0.5, 0.6) is 11.5 Å². The van der Waals surface area contributed by atoms with Gasteiger partial charge in [-0.15, -0.1) is 0 Å². The minimum Gasteiger partial charge on any atom is -0.507 e. The molecular formula is C24H18N2O8. The predicted molar refractivity (Wildman–Crippen MR) is 117 cm³/mol. The van der Waals surface area contributed by atoms with Gasteiger partial charge >= 0.3 is 0 Å². The van der Waals surface area contributed by atoms with Crippen molar-refractivity contribution in [3.8, 4) is 11.5 Å². The van der Waals surface area contributed by atoms with Crippen molar-refractivity contribution in [2.24, 2.45) is 0 Å². The number of nitro benzene ring substituents is 1. The van der Waals surface area contributed by atoms with Gasteiger partial charge in [-0.05, 0) is 35.9 Å². The molecule has 1 aromatic heterocycles. The lowest BCUT2D eigenvalue weighted by atomic mass is 9.94. The number of aliphatic hydroxyl groups excluding tert-OH is 1. The van der Waals surface area contributed by atoms with Crippen LogP contribution in [0.1, 0.15) is 22.9 Å². The van der Waals surface area contributed by atoms with Crippen LogP contribution in [-0.4, -0.2) is 39.8 Å². The zero-order valence-corrected chi connectivity index (χ0v) is 17.7. The Morgan fingerprint density at radius 2 is 1.85 bits per heavy atom. The number of ether oxygens (including phenoxy) is 2. The molecule has 0 aliphatic carbocycles. The third-order valence-electron chi connectivity index (χ3n) is 5.66. The van der Waals surface area contributed by atoms with E-state index >= 15 is 0 Å². The second kappa shape index (κ2) is 8.39. The normalized spacial score (nSPS) is 18.8. The van der Waals surface area contributed by atoms with Gasteiger partial charge in [-0.25, -0.2) is 0 Å². The number of non-ortho nitro benzene ring substituents is 1. The van der Waals surface area contributed by atoms with E-state index in [1.54, 1.807) is 30.3 Å². The number of aliphatic hydroxyl groups is 1. The quantitative estimate of drug-likeness (QED) is 0.200. The van der Waals surface area contributed by atoms with Crippen LogP contribution in [0.15, 0.2) is 70.9 Å². The number of carbonyl (C=O) groups excluding carboxylic acids is 2. The molecule has 0 radical (unpaired) electrons. The van der Waals surface area contributed by atoms with Crippen molar-refractivity contribution in [1.29, 1.82) is 0 Å². The number of hydrogen-bond acceptors (Lipinski definition) is 8. The number of nitrogens with zero attached hydrogens (tertiary/aromatic N) is 2. The number of amides is 1. The summed E-state index contributed by atoms with van der Waals surface area (Å²) in [6.07, 6.45) is 1.43. The van der Waals surface area contributed by atoms with Crippen molar-refractivity contribution < 1.29 is 33.5 Å². The van der Waals surface area contributed by atoms with E-state index in [-0.39, 0.29) is 23.4 Å². The topological polar surface area (TPSA) is 132 Å². The highest BCUT2D eigenvalue weighted by atomic mass is 16.6. The monoisotopic (exact) mass is 462 g/mol. The highest BCUT2D eigenvalue weighted by Gasteiger charge is 2.46. The number of nitro groups is 1. The molecule has 172 valence electrons. The summed E-state index contributed by atoms with van der Waals surface area (Å²) in [5.41, 5.74) is 0.156. The van der Waals surface area contributed by atoms with E-state index in [0.29, 0.717) is 36.0 Å². The van der Waals surface area contributed by atoms with Gasteiger partial charge in [0.15, 0.2) is 11.5 Å². The largest absolute Gasteiger partial charge is 0.507 e. The Morgan fingerprint density at radius 1 is 1.06 bits per heavy atom. The first-order chi connectivity index (χ1) is 16.4. The fraction of sp³-hybridized carbons (Fsp3) is 0.167. The predicted octanol–water partition coefficient (Wildman–Crippen LogP) is 3.58. The van der Waals surface area contributed by atoms with Gasteiger partial charge in [0.25, 0.3) is 17.4 Å². The average Bonchev–Trinajstić information content (AvgIpc) is 3.46. The van der Waals surface area contributed by atoms with E-state index < -0.39 is 28.4 Å². The molecule has 10 heteroatoms. The lowest BCUT2D eigenvalue weighted by Gasteiger charge is -2.24. The van der Waals surface area contributed by atoms with Crippen LogP contribution >= 0.6 is 0 Å². The molecule has 0 bridgehead atoms. The summed E-state index contributed by atoms with van der Waals surface area (Å²) >= 11 is 0. The summed E-state index contributed by atoms with van der Waals surface area (Å²) in [4.78, 5) is 38.2. The number of ketones is 1. The van der Waals surface area contributed by atoms with Crippen molar-refractivity contribution in [2.45, 2.75) is 12.6 Å². The third kappa shape index (κ3) is 3.64. The molecule has 2 aromatic carbocycles. The number of benzene rings is 2. The lowest BCUT2D eigenvalue weighted by Crippen LogP contribution is -2.29. The second-order valence-electron chi connectivity index (χ2n) is 7.72. The smallest absolute Gasteiger partial charge is 0.296 e. The first-order valence-corrected chi connectivity index (χ1v) is 10.4. The zero-order chi connectivity index (χ0) is 23.8. The first-order valence-electron chi connectivity index (χ1n) is 10.4. The maximum atomic E-state index is 13.1. The maximum Gasteiger partial charge on any atom is 0.296 e. The average molecular weight is 462 g/mol. The first kappa shape index (κ1) is 21.3. The van der Waals surface area contributed by atoms with E-state index in [9.17, 15) is 24.8 Å². The number of hydrogen-bond donors (Lipinski definition) is 1. The molecule has 2 aliphatic heterocycles. The molecule has 1 atom stereocenters. The summed E-state index contributed by atoms with van der Waals surface area (Å²) in [5.74, 6) is -0.879. The Hall–Kier alpha value is -4.60. The van der Waals surface area contributed by atoms with Gasteiger partial charge in [0.1, 0.15) is 24.7 Å². The number of fused-ring (bicyclic) bond motifs is 1. The van der Waals surface area contributed by atoms with Gasteiger partial charge in [-0.1, -0.05) is 12.1 Å². The van der Waals surface area contributed by atoms with E-state index in [4.69, 9.17) is 13.9 Å². The zero-order valence-electron chi connectivity index (χ0n) is 17.7. The van der Waals surface area contributed by atoms with Gasteiger partial charge in [-0.3, -0.25) is 19.7 Å². The molecule has 1 fully saturated rings. The number of furan rings is 1. The van der Waals surface area contributed by atoms with Crippen LogP contribution in [-0.2, 0) is 16.1 Å². The Kier molecular flexibility index (Phi) is 5.25. The summed E-state index contributed by atoms with van der Waals surface area (Å²) in [6, 6.07) is 12.5. The number of carbonyl (C=O) groups is 2.